The Kier molecular flexibility index (Phi) is 9.74. The van der Waals surface area contributed by atoms with E-state index in [1.54, 1.807) is 23.9 Å². The maximum Gasteiger partial charge on any atom is 0.222 e. The van der Waals surface area contributed by atoms with Crippen LogP contribution in [0.3, 0.4) is 0 Å². The molecular formula is C34H41FN6O2S. The summed E-state index contributed by atoms with van der Waals surface area (Å²) in [6, 6.07) is 14.6. The Hall–Kier alpha value is -3.53. The number of hydrogen-bond acceptors (Lipinski definition) is 6. The highest BCUT2D eigenvalue weighted by Crippen LogP contribution is 2.30. The molecule has 10 heteroatoms. The van der Waals surface area contributed by atoms with E-state index in [2.05, 4.69) is 21.7 Å². The number of para-hydroxylation sites is 1. The first kappa shape index (κ1) is 30.5. The number of aromatic nitrogens is 4. The van der Waals surface area contributed by atoms with Gasteiger partial charge in [0.05, 0.1) is 5.52 Å². The fraction of sp³-hybridized carbons (Fsp3) is 0.500. The van der Waals surface area contributed by atoms with Crippen LogP contribution in [0.4, 0.5) is 4.39 Å². The minimum Gasteiger partial charge on any atom is -0.339 e. The number of thioether (sulfide) groups is 1. The number of unbranched alkanes of at least 4 members (excludes halogenated alkanes) is 1. The number of piperazine rings is 1. The molecule has 1 saturated carbocycles. The van der Waals surface area contributed by atoms with Gasteiger partial charge in [0.1, 0.15) is 11.3 Å². The fourth-order valence-electron chi connectivity index (χ4n) is 6.71. The van der Waals surface area contributed by atoms with Gasteiger partial charge in [0.2, 0.25) is 17.0 Å². The summed E-state index contributed by atoms with van der Waals surface area (Å²) in [6.07, 6.45) is 8.98. The van der Waals surface area contributed by atoms with E-state index in [0.29, 0.717) is 44.2 Å². The normalized spacial score (nSPS) is 17.6. The summed E-state index contributed by atoms with van der Waals surface area (Å²) in [4.78, 5) is 34.6. The number of carbonyl (C=O) groups excluding carboxylic acids is 2. The van der Waals surface area contributed by atoms with Gasteiger partial charge >= 0.3 is 0 Å². The van der Waals surface area contributed by atoms with Gasteiger partial charge in [-0.2, -0.15) is 0 Å². The van der Waals surface area contributed by atoms with Crippen LogP contribution in [-0.2, 0) is 16.1 Å². The lowest BCUT2D eigenvalue weighted by Crippen LogP contribution is -2.55. The number of fused-ring (bicyclic) bond motifs is 3. The molecular weight excluding hydrogens is 575 g/mol. The molecule has 0 N–H and O–H groups in total. The Labute approximate surface area is 262 Å². The fourth-order valence-corrected chi connectivity index (χ4v) is 7.49. The number of nitrogens with zero attached hydrogens (tertiary/aromatic N) is 6. The molecule has 2 amide bonds. The third kappa shape index (κ3) is 7.06. The first-order valence-electron chi connectivity index (χ1n) is 16.0. The van der Waals surface area contributed by atoms with Crippen LogP contribution in [0.25, 0.3) is 22.1 Å². The molecule has 1 aliphatic heterocycles. The number of halogens is 1. The van der Waals surface area contributed by atoms with Crippen molar-refractivity contribution in [2.24, 2.45) is 5.92 Å². The van der Waals surface area contributed by atoms with E-state index in [0.717, 1.165) is 58.6 Å². The average Bonchev–Trinajstić information content (AvgIpc) is 3.67. The predicted molar refractivity (Wildman–Crippen MR) is 172 cm³/mol. The van der Waals surface area contributed by atoms with Crippen molar-refractivity contribution >= 4 is 45.6 Å². The van der Waals surface area contributed by atoms with Crippen LogP contribution in [0.15, 0.2) is 53.7 Å². The lowest BCUT2D eigenvalue weighted by atomic mass is 10.0. The molecule has 1 unspecified atom stereocenters. The molecule has 232 valence electrons. The van der Waals surface area contributed by atoms with Gasteiger partial charge in [-0.25, -0.2) is 9.37 Å². The molecule has 1 aliphatic carbocycles. The van der Waals surface area contributed by atoms with E-state index < -0.39 is 0 Å². The monoisotopic (exact) mass is 616 g/mol. The Bertz CT molecular complexity index is 1600. The van der Waals surface area contributed by atoms with Crippen LogP contribution in [0, 0.1) is 11.7 Å². The molecule has 2 aliphatic rings. The van der Waals surface area contributed by atoms with Crippen molar-refractivity contribution in [3.63, 3.8) is 0 Å². The van der Waals surface area contributed by atoms with Crippen molar-refractivity contribution in [2.75, 3.05) is 25.4 Å². The third-order valence-corrected chi connectivity index (χ3v) is 10.1. The second-order valence-electron chi connectivity index (χ2n) is 12.3. The topological polar surface area (TPSA) is 84.2 Å². The number of hydrogen-bond donors (Lipinski definition) is 0. The molecule has 8 nitrogen and oxygen atoms in total. The molecule has 2 aromatic heterocycles. The van der Waals surface area contributed by atoms with Crippen molar-refractivity contribution < 1.29 is 14.0 Å². The highest BCUT2D eigenvalue weighted by molar-refractivity contribution is 7.99. The molecule has 0 bridgehead atoms. The lowest BCUT2D eigenvalue weighted by Gasteiger charge is -2.40. The van der Waals surface area contributed by atoms with E-state index in [-0.39, 0.29) is 23.7 Å². The van der Waals surface area contributed by atoms with Crippen molar-refractivity contribution in [1.82, 2.24) is 29.5 Å². The largest absolute Gasteiger partial charge is 0.339 e. The van der Waals surface area contributed by atoms with E-state index in [4.69, 9.17) is 4.98 Å². The Balaban J connectivity index is 0.983. The van der Waals surface area contributed by atoms with Crippen LogP contribution < -0.4 is 0 Å². The molecule has 2 aromatic carbocycles. The predicted octanol–water partition coefficient (Wildman–Crippen LogP) is 6.46. The summed E-state index contributed by atoms with van der Waals surface area (Å²) in [5, 5.41) is 10.5. The highest BCUT2D eigenvalue weighted by Gasteiger charge is 2.30. The minimum atomic E-state index is -0.256. The SMILES string of the molecule is CC1CN(C(=O)CCCCSc2nnc3c4ccccc4n(Cc4ccc(F)cc4)c3n2)CCN1C(=O)CCC1CCCC1. The smallest absolute Gasteiger partial charge is 0.222 e. The van der Waals surface area contributed by atoms with Crippen molar-refractivity contribution in [1.29, 1.82) is 0 Å². The van der Waals surface area contributed by atoms with Gasteiger partial charge in [0.15, 0.2) is 5.65 Å². The molecule has 0 radical (unpaired) electrons. The van der Waals surface area contributed by atoms with Crippen LogP contribution in [0.5, 0.6) is 0 Å². The lowest BCUT2D eigenvalue weighted by molar-refractivity contribution is -0.142. The zero-order valence-electron chi connectivity index (χ0n) is 25.5. The maximum absolute atomic E-state index is 13.5. The van der Waals surface area contributed by atoms with Crippen molar-refractivity contribution in [3.05, 3.63) is 59.9 Å². The summed E-state index contributed by atoms with van der Waals surface area (Å²) in [7, 11) is 0. The van der Waals surface area contributed by atoms with E-state index >= 15 is 0 Å². The summed E-state index contributed by atoms with van der Waals surface area (Å²) >= 11 is 1.55. The molecule has 1 saturated heterocycles. The van der Waals surface area contributed by atoms with Gasteiger partial charge in [-0.15, -0.1) is 10.2 Å². The number of benzene rings is 2. The van der Waals surface area contributed by atoms with Gasteiger partial charge < -0.3 is 14.4 Å². The van der Waals surface area contributed by atoms with Crippen LogP contribution in [0.2, 0.25) is 0 Å². The maximum atomic E-state index is 13.5. The Morgan fingerprint density at radius 1 is 0.955 bits per heavy atom. The Morgan fingerprint density at radius 2 is 1.75 bits per heavy atom. The van der Waals surface area contributed by atoms with E-state index in [1.165, 1.54) is 37.8 Å². The molecule has 0 spiro atoms. The van der Waals surface area contributed by atoms with Gasteiger partial charge in [-0.3, -0.25) is 9.59 Å². The molecule has 3 heterocycles. The molecule has 6 rings (SSSR count). The van der Waals surface area contributed by atoms with Gasteiger partial charge in [-0.05, 0) is 55.9 Å². The first-order chi connectivity index (χ1) is 21.5. The summed E-state index contributed by atoms with van der Waals surface area (Å²) < 4.78 is 15.6. The minimum absolute atomic E-state index is 0.0672. The standard InChI is InChI=1S/C34H41FN6O2S/c1-24-22-39(19-20-40(24)31(43)18-15-25-8-2-3-9-25)30(42)12-6-7-21-44-34-36-33-32(37-38-34)28-10-4-5-11-29(28)41(33)23-26-13-16-27(35)17-14-26/h4-5,10-11,13-14,16-17,24-25H,2-3,6-9,12,15,18-23H2,1H3. The second-order valence-corrected chi connectivity index (χ2v) is 13.3. The number of carbonyl (C=O) groups is 2. The van der Waals surface area contributed by atoms with Crippen LogP contribution in [0.1, 0.15) is 70.3 Å². The number of amides is 2. The third-order valence-electron chi connectivity index (χ3n) is 9.17. The van der Waals surface area contributed by atoms with Gasteiger partial charge in [-0.1, -0.05) is 67.8 Å². The van der Waals surface area contributed by atoms with Gasteiger partial charge in [0.25, 0.3) is 0 Å². The van der Waals surface area contributed by atoms with E-state index in [9.17, 15) is 14.0 Å². The Morgan fingerprint density at radius 3 is 2.55 bits per heavy atom. The molecule has 4 aromatic rings. The highest BCUT2D eigenvalue weighted by atomic mass is 32.2. The molecule has 1 atom stereocenters. The first-order valence-corrected chi connectivity index (χ1v) is 17.0. The second kappa shape index (κ2) is 14.1. The zero-order chi connectivity index (χ0) is 30.5. The molecule has 44 heavy (non-hydrogen) atoms. The van der Waals surface area contributed by atoms with Crippen molar-refractivity contribution in [2.45, 2.75) is 82.5 Å². The average molecular weight is 617 g/mol. The summed E-state index contributed by atoms with van der Waals surface area (Å²) in [5.41, 5.74) is 3.50. The van der Waals surface area contributed by atoms with Crippen molar-refractivity contribution in [3.8, 4) is 0 Å². The van der Waals surface area contributed by atoms with Crippen LogP contribution >= 0.6 is 11.8 Å². The summed E-state index contributed by atoms with van der Waals surface area (Å²) in [5.74, 6) is 1.68. The van der Waals surface area contributed by atoms with Crippen LogP contribution in [-0.4, -0.2) is 72.8 Å². The van der Waals surface area contributed by atoms with E-state index in [1.807, 2.05) is 34.1 Å². The summed E-state index contributed by atoms with van der Waals surface area (Å²) in [6.45, 7) is 4.49. The number of rotatable bonds is 11. The zero-order valence-corrected chi connectivity index (χ0v) is 26.3. The molecule has 2 fully saturated rings. The van der Waals surface area contributed by atoms with Gasteiger partial charge in [0, 0.05) is 56.2 Å². The quantitative estimate of drug-likeness (QED) is 0.142.